The number of aromatic nitrogens is 2. The summed E-state index contributed by atoms with van der Waals surface area (Å²) in [5.41, 5.74) is 2.05. The molecule has 38 heavy (non-hydrogen) atoms. The summed E-state index contributed by atoms with van der Waals surface area (Å²) >= 11 is 0. The minimum absolute atomic E-state index is 0.185. The Labute approximate surface area is 224 Å². The monoisotopic (exact) mass is 522 g/mol. The lowest BCUT2D eigenvalue weighted by atomic mass is 10.1. The summed E-state index contributed by atoms with van der Waals surface area (Å²) in [6.07, 6.45) is 3.68. The Bertz CT molecular complexity index is 1340. The van der Waals surface area contributed by atoms with Crippen molar-refractivity contribution in [2.24, 2.45) is 4.99 Å². The summed E-state index contributed by atoms with van der Waals surface area (Å²) in [5.74, 6) is 0.00689. The van der Waals surface area contributed by atoms with E-state index in [0.29, 0.717) is 42.2 Å². The molecule has 8 nitrogen and oxygen atoms in total. The molecule has 3 aromatic rings. The molecule has 0 spiro atoms. The van der Waals surface area contributed by atoms with Crippen molar-refractivity contribution in [2.45, 2.75) is 41.0 Å². The molecule has 1 aliphatic rings. The zero-order valence-electron chi connectivity index (χ0n) is 23.0. The highest BCUT2D eigenvalue weighted by Crippen LogP contribution is 2.29. The average Bonchev–Trinajstić information content (AvgIpc) is 3.01. The number of likely N-dealkylation sites (N-methyl/N-ethyl adjacent to an activating group) is 2. The number of pyridine rings is 2. The molecule has 0 aliphatic carbocycles. The van der Waals surface area contributed by atoms with Crippen LogP contribution >= 0.6 is 0 Å². The van der Waals surface area contributed by atoms with E-state index in [-0.39, 0.29) is 17.4 Å². The van der Waals surface area contributed by atoms with Gasteiger partial charge in [0.05, 0.1) is 23.3 Å². The third-order valence-electron chi connectivity index (χ3n) is 5.61. The van der Waals surface area contributed by atoms with Crippen LogP contribution in [0.15, 0.2) is 78.6 Å². The van der Waals surface area contributed by atoms with Crippen LogP contribution < -0.4 is 14.4 Å². The number of anilines is 1. The number of amidine groups is 1. The molecule has 0 fully saturated rings. The van der Waals surface area contributed by atoms with Gasteiger partial charge in [-0.2, -0.15) is 4.39 Å². The molecular weight excluding hydrogens is 485 g/mol. The number of ether oxygens (including phenoxy) is 1. The van der Waals surface area contributed by atoms with Crippen LogP contribution in [0.3, 0.4) is 0 Å². The van der Waals surface area contributed by atoms with Gasteiger partial charge in [-0.15, -0.1) is 0 Å². The predicted octanol–water partition coefficient (Wildman–Crippen LogP) is 5.70. The standard InChI is InChI=1S/C25H25FN5O3.2C2H6/c1-5-30-23(28-17(3)26)16(2)29(4)25(32)20-14-18(15-27-24(20)30)11-13-34-22-10-12-31(33)21-9-7-6-8-19(21)22;2*1-2/h6-10,12,14-15,33H,2-3,5,11,13H2,1,4H3;2*1-2H3/q+1;;/b28-23+;;. The van der Waals surface area contributed by atoms with Gasteiger partial charge < -0.3 is 14.5 Å². The predicted molar refractivity (Wildman–Crippen MR) is 149 cm³/mol. The molecule has 1 aliphatic heterocycles. The lowest BCUT2D eigenvalue weighted by molar-refractivity contribution is -0.884. The Balaban J connectivity index is 0.00000121. The second-order valence-corrected chi connectivity index (χ2v) is 7.72. The highest BCUT2D eigenvalue weighted by Gasteiger charge is 2.32. The Kier molecular flexibility index (Phi) is 10.9. The Morgan fingerprint density at radius 3 is 2.55 bits per heavy atom. The first-order valence-electron chi connectivity index (χ1n) is 12.7. The minimum atomic E-state index is -0.882. The minimum Gasteiger partial charge on any atom is -0.492 e. The van der Waals surface area contributed by atoms with Crippen molar-refractivity contribution in [1.82, 2.24) is 9.88 Å². The molecule has 0 radical (unpaired) electrons. The lowest BCUT2D eigenvalue weighted by Crippen LogP contribution is -2.35. The van der Waals surface area contributed by atoms with Gasteiger partial charge in [0.25, 0.3) is 11.4 Å². The molecule has 0 unspecified atom stereocenters. The number of carbonyl (C=O) groups excluding carboxylic acids is 1. The zero-order valence-corrected chi connectivity index (χ0v) is 23.0. The topological polar surface area (TPSA) is 82.1 Å². The number of halogens is 1. The van der Waals surface area contributed by atoms with Crippen LogP contribution in [0.4, 0.5) is 10.2 Å². The first-order valence-corrected chi connectivity index (χ1v) is 12.7. The molecule has 0 saturated heterocycles. The van der Waals surface area contributed by atoms with Crippen molar-refractivity contribution >= 4 is 28.5 Å². The summed E-state index contributed by atoms with van der Waals surface area (Å²) < 4.78 is 20.6. The molecule has 4 rings (SSSR count). The molecule has 1 aromatic carbocycles. The first-order chi connectivity index (χ1) is 18.3. The van der Waals surface area contributed by atoms with E-state index in [1.807, 2.05) is 52.8 Å². The number of carbonyl (C=O) groups is 1. The summed E-state index contributed by atoms with van der Waals surface area (Å²) in [4.78, 5) is 24.5. The van der Waals surface area contributed by atoms with Gasteiger partial charge in [-0.05, 0) is 31.2 Å². The highest BCUT2D eigenvalue weighted by atomic mass is 19.1. The van der Waals surface area contributed by atoms with Crippen LogP contribution in [0.25, 0.3) is 10.9 Å². The number of para-hydroxylation sites is 1. The van der Waals surface area contributed by atoms with Crippen molar-refractivity contribution < 1.29 is 23.9 Å². The third-order valence-corrected chi connectivity index (χ3v) is 5.61. The summed E-state index contributed by atoms with van der Waals surface area (Å²) in [6, 6.07) is 10.8. The van der Waals surface area contributed by atoms with E-state index in [1.54, 1.807) is 36.3 Å². The van der Waals surface area contributed by atoms with Gasteiger partial charge >= 0.3 is 0 Å². The summed E-state index contributed by atoms with van der Waals surface area (Å²) in [5, 5.41) is 10.8. The van der Waals surface area contributed by atoms with Crippen LogP contribution in [0.2, 0.25) is 0 Å². The van der Waals surface area contributed by atoms with E-state index in [1.165, 1.54) is 11.1 Å². The van der Waals surface area contributed by atoms with Gasteiger partial charge in [-0.25, -0.2) is 9.98 Å². The highest BCUT2D eigenvalue weighted by molar-refractivity contribution is 6.17. The van der Waals surface area contributed by atoms with Gasteiger partial charge in [0.2, 0.25) is 12.1 Å². The van der Waals surface area contributed by atoms with Gasteiger partial charge in [-0.3, -0.25) is 10.0 Å². The van der Waals surface area contributed by atoms with E-state index < -0.39 is 5.95 Å². The number of benzene rings is 1. The normalized spacial score (nSPS) is 13.7. The van der Waals surface area contributed by atoms with E-state index in [9.17, 15) is 14.4 Å². The van der Waals surface area contributed by atoms with E-state index in [4.69, 9.17) is 4.74 Å². The van der Waals surface area contributed by atoms with Crippen molar-refractivity contribution in [3.8, 4) is 5.75 Å². The fourth-order valence-electron chi connectivity index (χ4n) is 3.85. The number of hydrogen-bond acceptors (Lipinski definition) is 5. The van der Waals surface area contributed by atoms with Gasteiger partial charge in [-0.1, -0.05) is 46.4 Å². The third kappa shape index (κ3) is 6.34. The van der Waals surface area contributed by atoms with E-state index in [0.717, 1.165) is 15.7 Å². The van der Waals surface area contributed by atoms with Crippen molar-refractivity contribution in [1.29, 1.82) is 0 Å². The maximum atomic E-state index is 13.6. The van der Waals surface area contributed by atoms with Crippen LogP contribution in [0.5, 0.6) is 5.75 Å². The molecule has 3 heterocycles. The van der Waals surface area contributed by atoms with E-state index in [2.05, 4.69) is 23.1 Å². The van der Waals surface area contributed by atoms with E-state index >= 15 is 0 Å². The smallest absolute Gasteiger partial charge is 0.268 e. The van der Waals surface area contributed by atoms with Crippen molar-refractivity contribution in [3.63, 3.8) is 0 Å². The average molecular weight is 523 g/mol. The first kappa shape index (κ1) is 30.0. The molecule has 202 valence electrons. The van der Waals surface area contributed by atoms with Crippen LogP contribution in [0, 0.1) is 0 Å². The van der Waals surface area contributed by atoms with Crippen molar-refractivity contribution in [3.05, 3.63) is 84.7 Å². The number of fused-ring (bicyclic) bond motifs is 2. The van der Waals surface area contributed by atoms with Crippen LogP contribution in [-0.4, -0.2) is 47.0 Å². The second kappa shape index (κ2) is 13.9. The molecule has 2 aromatic heterocycles. The second-order valence-electron chi connectivity index (χ2n) is 7.72. The van der Waals surface area contributed by atoms with Gasteiger partial charge in [0.15, 0.2) is 5.84 Å². The number of nitrogens with zero attached hydrogens (tertiary/aromatic N) is 5. The number of aliphatic imine (C=N–C) groups is 1. The molecule has 1 amide bonds. The quantitative estimate of drug-likeness (QED) is 0.255. The fourth-order valence-corrected chi connectivity index (χ4v) is 3.85. The molecule has 0 bridgehead atoms. The number of hydrogen-bond donors (Lipinski definition) is 1. The lowest BCUT2D eigenvalue weighted by Gasteiger charge is -2.24. The maximum Gasteiger partial charge on any atom is 0.268 e. The van der Waals surface area contributed by atoms with Crippen molar-refractivity contribution in [2.75, 3.05) is 25.1 Å². The maximum absolute atomic E-state index is 13.6. The summed E-state index contributed by atoms with van der Waals surface area (Å²) in [6.45, 7) is 17.7. The number of rotatable bonds is 6. The SMILES string of the molecule is C=C(F)/N=C1\C(=C)N(C)C(=O)c2cc(CCOc3cc[n+](O)c4ccccc34)cnc2N1CC.CC.CC. The molecule has 0 saturated carbocycles. The van der Waals surface area contributed by atoms with Gasteiger partial charge in [0, 0.05) is 43.1 Å². The fraction of sp³-hybridized carbons (Fsp3) is 0.310. The zero-order chi connectivity index (χ0) is 28.4. The van der Waals surface area contributed by atoms with Gasteiger partial charge in [0.1, 0.15) is 11.6 Å². The largest absolute Gasteiger partial charge is 0.492 e. The molecule has 9 heteroatoms. The Morgan fingerprint density at radius 1 is 1.21 bits per heavy atom. The molecule has 0 atom stereocenters. The summed E-state index contributed by atoms with van der Waals surface area (Å²) in [7, 11) is 1.56. The molecule has 1 N–H and O–H groups in total. The van der Waals surface area contributed by atoms with Crippen LogP contribution in [0.1, 0.15) is 50.5 Å². The Morgan fingerprint density at radius 2 is 1.89 bits per heavy atom. The Hall–Kier alpha value is -4.27. The number of amides is 1. The molecular formula is C29H37FN5O3+. The van der Waals surface area contributed by atoms with Crippen LogP contribution in [-0.2, 0) is 6.42 Å².